The molecule has 0 aliphatic carbocycles. The number of halogens is 2. The van der Waals surface area contributed by atoms with Gasteiger partial charge in [0, 0.05) is 22.8 Å². The quantitative estimate of drug-likeness (QED) is 0.827. The largest absolute Gasteiger partial charge is 0.348 e. The fourth-order valence-corrected chi connectivity index (χ4v) is 2.56. The minimum absolute atomic E-state index is 0. The summed E-state index contributed by atoms with van der Waals surface area (Å²) >= 11 is 3.38. The molecular weight excluding hydrogens is 380 g/mol. The zero-order chi connectivity index (χ0) is 16.5. The van der Waals surface area contributed by atoms with Crippen LogP contribution in [-0.2, 0) is 17.4 Å². The predicted molar refractivity (Wildman–Crippen MR) is 97.4 cm³/mol. The van der Waals surface area contributed by atoms with E-state index in [9.17, 15) is 4.79 Å². The molecule has 1 aromatic carbocycles. The first-order chi connectivity index (χ1) is 10.2. The number of carbonyl (C=O) groups excluding carboxylic acids is 1. The first-order valence-corrected chi connectivity index (χ1v) is 7.87. The number of nitrogens with one attached hydrogen (secondary N) is 1. The minimum atomic E-state index is -1.09. The topological polar surface area (TPSA) is 72.9 Å². The molecule has 0 bridgehead atoms. The molecule has 0 aliphatic heterocycles. The minimum Gasteiger partial charge on any atom is -0.348 e. The standard InChI is InChI=1S/C16H21BrN4O.ClH/c1-10(14-9-19-21(4)11(14)2)20-15(22)16(3,18)12-5-7-13(17)8-6-12;/h5-10H,18H2,1-4H3,(H,20,22);1H. The number of aromatic nitrogens is 2. The van der Waals surface area contributed by atoms with Gasteiger partial charge in [-0.05, 0) is 38.5 Å². The summed E-state index contributed by atoms with van der Waals surface area (Å²) < 4.78 is 2.74. The molecule has 0 aliphatic rings. The maximum absolute atomic E-state index is 12.6. The van der Waals surface area contributed by atoms with Crippen LogP contribution in [0.2, 0.25) is 0 Å². The van der Waals surface area contributed by atoms with Crippen LogP contribution in [0.15, 0.2) is 34.9 Å². The monoisotopic (exact) mass is 400 g/mol. The first kappa shape index (κ1) is 19.7. The molecule has 1 aromatic heterocycles. The Morgan fingerprint density at radius 3 is 2.43 bits per heavy atom. The number of benzene rings is 1. The van der Waals surface area contributed by atoms with Gasteiger partial charge in [0.2, 0.25) is 5.91 Å². The van der Waals surface area contributed by atoms with E-state index in [0.717, 1.165) is 21.3 Å². The van der Waals surface area contributed by atoms with Crippen LogP contribution in [0.25, 0.3) is 0 Å². The lowest BCUT2D eigenvalue weighted by molar-refractivity contribution is -0.126. The lowest BCUT2D eigenvalue weighted by atomic mass is 9.91. The Labute approximate surface area is 151 Å². The summed E-state index contributed by atoms with van der Waals surface area (Å²) in [7, 11) is 1.88. The molecular formula is C16H22BrClN4O. The number of hydrogen-bond acceptors (Lipinski definition) is 3. The molecule has 7 heteroatoms. The Bertz CT molecular complexity index is 682. The highest BCUT2D eigenvalue weighted by molar-refractivity contribution is 9.10. The number of nitrogens with zero attached hydrogens (tertiary/aromatic N) is 2. The second-order valence-corrected chi connectivity index (χ2v) is 6.63. The number of aryl methyl sites for hydroxylation is 1. The molecule has 23 heavy (non-hydrogen) atoms. The van der Waals surface area contributed by atoms with Crippen molar-refractivity contribution in [3.8, 4) is 0 Å². The van der Waals surface area contributed by atoms with Gasteiger partial charge < -0.3 is 11.1 Å². The molecule has 3 N–H and O–H groups in total. The van der Waals surface area contributed by atoms with Crippen LogP contribution in [-0.4, -0.2) is 15.7 Å². The second-order valence-electron chi connectivity index (χ2n) is 5.71. The molecule has 2 rings (SSSR count). The molecule has 0 fully saturated rings. The van der Waals surface area contributed by atoms with Gasteiger partial charge in [-0.2, -0.15) is 5.10 Å². The van der Waals surface area contributed by atoms with E-state index in [-0.39, 0.29) is 24.4 Å². The third-order valence-corrected chi connectivity index (χ3v) is 4.53. The molecule has 0 saturated carbocycles. The first-order valence-electron chi connectivity index (χ1n) is 7.08. The van der Waals surface area contributed by atoms with Crippen LogP contribution in [0, 0.1) is 6.92 Å². The van der Waals surface area contributed by atoms with E-state index in [1.54, 1.807) is 17.8 Å². The molecule has 1 amide bonds. The number of hydrogen-bond donors (Lipinski definition) is 2. The third-order valence-electron chi connectivity index (χ3n) is 4.00. The molecule has 126 valence electrons. The second kappa shape index (κ2) is 7.47. The smallest absolute Gasteiger partial charge is 0.244 e. The molecule has 0 saturated heterocycles. The summed E-state index contributed by atoms with van der Waals surface area (Å²) in [5.41, 5.74) is 7.94. The fraction of sp³-hybridized carbons (Fsp3) is 0.375. The van der Waals surface area contributed by atoms with E-state index in [0.29, 0.717) is 0 Å². The van der Waals surface area contributed by atoms with Crippen LogP contribution in [0.5, 0.6) is 0 Å². The molecule has 0 radical (unpaired) electrons. The van der Waals surface area contributed by atoms with Crippen LogP contribution in [0.4, 0.5) is 0 Å². The summed E-state index contributed by atoms with van der Waals surface area (Å²) in [5.74, 6) is -0.217. The SMILES string of the molecule is Cc1c(C(C)NC(=O)C(C)(N)c2ccc(Br)cc2)cnn1C.Cl. The fourth-order valence-electron chi connectivity index (χ4n) is 2.29. The average Bonchev–Trinajstić information content (AvgIpc) is 2.79. The Hall–Kier alpha value is -1.37. The zero-order valence-electron chi connectivity index (χ0n) is 13.6. The van der Waals surface area contributed by atoms with Crippen molar-refractivity contribution in [2.24, 2.45) is 12.8 Å². The van der Waals surface area contributed by atoms with E-state index in [1.165, 1.54) is 0 Å². The molecule has 2 atom stereocenters. The lowest BCUT2D eigenvalue weighted by Gasteiger charge is -2.26. The van der Waals surface area contributed by atoms with Gasteiger partial charge in [-0.15, -0.1) is 12.4 Å². The van der Waals surface area contributed by atoms with Gasteiger partial charge in [0.05, 0.1) is 12.2 Å². The van der Waals surface area contributed by atoms with Gasteiger partial charge in [0.1, 0.15) is 5.54 Å². The highest BCUT2D eigenvalue weighted by atomic mass is 79.9. The number of nitrogens with two attached hydrogens (primary N) is 1. The van der Waals surface area contributed by atoms with Crippen LogP contribution in [0.3, 0.4) is 0 Å². The maximum atomic E-state index is 12.6. The van der Waals surface area contributed by atoms with Crippen LogP contribution in [0.1, 0.15) is 36.7 Å². The molecule has 5 nitrogen and oxygen atoms in total. The molecule has 0 spiro atoms. The summed E-state index contributed by atoms with van der Waals surface area (Å²) in [6, 6.07) is 7.30. The summed E-state index contributed by atoms with van der Waals surface area (Å²) in [6.45, 7) is 5.62. The van der Waals surface area contributed by atoms with Crippen molar-refractivity contribution in [3.63, 3.8) is 0 Å². The van der Waals surface area contributed by atoms with Crippen LogP contribution < -0.4 is 11.1 Å². The van der Waals surface area contributed by atoms with E-state index in [1.807, 2.05) is 45.2 Å². The van der Waals surface area contributed by atoms with E-state index in [4.69, 9.17) is 5.73 Å². The van der Waals surface area contributed by atoms with E-state index >= 15 is 0 Å². The van der Waals surface area contributed by atoms with Gasteiger partial charge in [-0.25, -0.2) is 0 Å². The van der Waals surface area contributed by atoms with Gasteiger partial charge >= 0.3 is 0 Å². The Morgan fingerprint density at radius 1 is 1.39 bits per heavy atom. The van der Waals surface area contributed by atoms with Crippen molar-refractivity contribution in [1.82, 2.24) is 15.1 Å². The van der Waals surface area contributed by atoms with Crippen molar-refractivity contribution in [1.29, 1.82) is 0 Å². The van der Waals surface area contributed by atoms with Crippen molar-refractivity contribution < 1.29 is 4.79 Å². The molecule has 1 heterocycles. The normalized spacial score (nSPS) is 14.5. The van der Waals surface area contributed by atoms with Crippen molar-refractivity contribution in [2.75, 3.05) is 0 Å². The highest BCUT2D eigenvalue weighted by Crippen LogP contribution is 2.23. The van der Waals surface area contributed by atoms with E-state index < -0.39 is 5.54 Å². The third kappa shape index (κ3) is 4.13. The summed E-state index contributed by atoms with van der Waals surface area (Å²) in [5, 5.41) is 7.18. The van der Waals surface area contributed by atoms with Gasteiger partial charge in [0.25, 0.3) is 0 Å². The maximum Gasteiger partial charge on any atom is 0.244 e. The number of rotatable bonds is 4. The molecule has 2 unspecified atom stereocenters. The highest BCUT2D eigenvalue weighted by Gasteiger charge is 2.31. The number of carbonyl (C=O) groups is 1. The van der Waals surface area contributed by atoms with Gasteiger partial charge in [-0.3, -0.25) is 9.48 Å². The summed E-state index contributed by atoms with van der Waals surface area (Å²) in [4.78, 5) is 12.6. The lowest BCUT2D eigenvalue weighted by Crippen LogP contribution is -2.49. The van der Waals surface area contributed by atoms with Crippen molar-refractivity contribution >= 4 is 34.2 Å². The number of amides is 1. The summed E-state index contributed by atoms with van der Waals surface area (Å²) in [6.07, 6.45) is 1.77. The molecule has 2 aromatic rings. The van der Waals surface area contributed by atoms with E-state index in [2.05, 4.69) is 26.3 Å². The van der Waals surface area contributed by atoms with Crippen molar-refractivity contribution in [2.45, 2.75) is 32.4 Å². The Balaban J connectivity index is 0.00000264. The van der Waals surface area contributed by atoms with Crippen molar-refractivity contribution in [3.05, 3.63) is 51.8 Å². The van der Waals surface area contributed by atoms with Crippen LogP contribution >= 0.6 is 28.3 Å². The Morgan fingerprint density at radius 2 is 1.96 bits per heavy atom. The average molecular weight is 402 g/mol. The van der Waals surface area contributed by atoms with Gasteiger partial charge in [0.15, 0.2) is 0 Å². The zero-order valence-corrected chi connectivity index (χ0v) is 16.0. The Kier molecular flexibility index (Phi) is 6.39. The predicted octanol–water partition coefficient (Wildman–Crippen LogP) is 2.96. The van der Waals surface area contributed by atoms with Gasteiger partial charge in [-0.1, -0.05) is 28.1 Å².